The van der Waals surface area contributed by atoms with E-state index in [0.717, 1.165) is 10.6 Å². The molecule has 136 valence electrons. The van der Waals surface area contributed by atoms with Crippen LogP contribution in [0.4, 0.5) is 5.69 Å². The number of carbonyl (C=O) groups excluding carboxylic acids is 1. The zero-order chi connectivity index (χ0) is 18.5. The average molecular weight is 356 g/mol. The van der Waals surface area contributed by atoms with Crippen LogP contribution in [0.1, 0.15) is 34.6 Å². The highest BCUT2D eigenvalue weighted by atomic mass is 32.2. The van der Waals surface area contributed by atoms with E-state index < -0.39 is 10.0 Å². The Bertz CT molecular complexity index is 656. The average Bonchev–Trinajstić information content (AvgIpc) is 2.42. The van der Waals surface area contributed by atoms with Gasteiger partial charge in [0.05, 0.1) is 18.0 Å². The van der Waals surface area contributed by atoms with Gasteiger partial charge < -0.3 is 10.1 Å². The van der Waals surface area contributed by atoms with Crippen LogP contribution in [0.5, 0.6) is 5.75 Å². The highest BCUT2D eigenvalue weighted by Crippen LogP contribution is 2.24. The summed E-state index contributed by atoms with van der Waals surface area (Å²) in [6.07, 6.45) is 1.06. The van der Waals surface area contributed by atoms with E-state index in [0.29, 0.717) is 11.4 Å². The van der Waals surface area contributed by atoms with Crippen LogP contribution in [-0.4, -0.2) is 39.3 Å². The van der Waals surface area contributed by atoms with Crippen LogP contribution in [0.25, 0.3) is 0 Å². The molecule has 7 heteroatoms. The number of nitrogens with zero attached hydrogens (tertiary/aromatic N) is 1. The molecule has 0 saturated carbocycles. The molecule has 0 spiro atoms. The molecule has 1 aromatic carbocycles. The second kappa shape index (κ2) is 8.37. The number of rotatable bonds is 8. The Morgan fingerprint density at radius 3 is 2.33 bits per heavy atom. The lowest BCUT2D eigenvalue weighted by atomic mass is 10.1. The summed E-state index contributed by atoms with van der Waals surface area (Å²) in [7, 11) is -3.60. The Labute approximate surface area is 145 Å². The summed E-state index contributed by atoms with van der Waals surface area (Å²) >= 11 is 0. The summed E-state index contributed by atoms with van der Waals surface area (Å²) < 4.78 is 30.9. The van der Waals surface area contributed by atoms with Gasteiger partial charge in [-0.3, -0.25) is 9.10 Å². The molecule has 1 amide bonds. The van der Waals surface area contributed by atoms with Gasteiger partial charge >= 0.3 is 0 Å². The number of amides is 1. The molecule has 0 saturated heterocycles. The van der Waals surface area contributed by atoms with Crippen molar-refractivity contribution in [1.29, 1.82) is 0 Å². The predicted octanol–water partition coefficient (Wildman–Crippen LogP) is 2.40. The molecule has 0 radical (unpaired) electrons. The van der Waals surface area contributed by atoms with E-state index in [-0.39, 0.29) is 30.5 Å². The molecule has 0 aromatic heterocycles. The minimum absolute atomic E-state index is 0.0258. The van der Waals surface area contributed by atoms with Crippen molar-refractivity contribution < 1.29 is 17.9 Å². The molecule has 1 rings (SSSR count). The van der Waals surface area contributed by atoms with Crippen LogP contribution in [0.3, 0.4) is 0 Å². The van der Waals surface area contributed by atoms with Crippen molar-refractivity contribution in [3.05, 3.63) is 24.3 Å². The van der Waals surface area contributed by atoms with Crippen LogP contribution < -0.4 is 14.4 Å². The molecule has 0 fully saturated rings. The van der Waals surface area contributed by atoms with Crippen molar-refractivity contribution in [1.82, 2.24) is 5.32 Å². The van der Waals surface area contributed by atoms with Crippen LogP contribution in [0.15, 0.2) is 24.3 Å². The van der Waals surface area contributed by atoms with E-state index in [1.54, 1.807) is 24.3 Å². The summed E-state index contributed by atoms with van der Waals surface area (Å²) in [4.78, 5) is 12.2. The summed E-state index contributed by atoms with van der Waals surface area (Å²) in [5.74, 6) is 0.493. The van der Waals surface area contributed by atoms with Crippen molar-refractivity contribution in [3.8, 4) is 5.75 Å². The zero-order valence-electron chi connectivity index (χ0n) is 15.2. The normalized spacial score (nSPS) is 13.0. The number of sulfonamides is 1. The molecule has 0 heterocycles. The molecule has 6 nitrogen and oxygen atoms in total. The fourth-order valence-electron chi connectivity index (χ4n) is 1.98. The third kappa shape index (κ3) is 6.39. The molecular formula is C17H28N2O4S. The van der Waals surface area contributed by atoms with Crippen LogP contribution in [0, 0.1) is 5.92 Å². The number of benzene rings is 1. The van der Waals surface area contributed by atoms with Gasteiger partial charge in [-0.15, -0.1) is 0 Å². The Morgan fingerprint density at radius 1 is 1.21 bits per heavy atom. The Hall–Kier alpha value is -1.76. The Balaban J connectivity index is 3.01. The lowest BCUT2D eigenvalue weighted by Gasteiger charge is -2.24. The van der Waals surface area contributed by atoms with Gasteiger partial charge in [-0.05, 0) is 38.8 Å². The van der Waals surface area contributed by atoms with Crippen molar-refractivity contribution >= 4 is 21.6 Å². The number of anilines is 1. The fourth-order valence-corrected chi connectivity index (χ4v) is 2.83. The molecule has 0 aliphatic carbocycles. The molecule has 0 bridgehead atoms. The highest BCUT2D eigenvalue weighted by molar-refractivity contribution is 7.92. The quantitative estimate of drug-likeness (QED) is 0.776. The zero-order valence-corrected chi connectivity index (χ0v) is 16.1. The maximum atomic E-state index is 12.2. The van der Waals surface area contributed by atoms with E-state index in [4.69, 9.17) is 4.74 Å². The fraction of sp³-hybridized carbons (Fsp3) is 0.588. The van der Waals surface area contributed by atoms with Gasteiger partial charge in [0.1, 0.15) is 12.3 Å². The van der Waals surface area contributed by atoms with Crippen LogP contribution in [-0.2, 0) is 14.8 Å². The summed E-state index contributed by atoms with van der Waals surface area (Å²) in [5, 5.41) is 2.82. The Kier molecular flexibility index (Phi) is 7.08. The predicted molar refractivity (Wildman–Crippen MR) is 96.8 cm³/mol. The molecule has 1 aromatic rings. The van der Waals surface area contributed by atoms with Gasteiger partial charge in [0, 0.05) is 12.1 Å². The molecule has 0 unspecified atom stereocenters. The van der Waals surface area contributed by atoms with Crippen molar-refractivity contribution in [2.75, 3.05) is 17.1 Å². The molecule has 1 N–H and O–H groups in total. The van der Waals surface area contributed by atoms with Gasteiger partial charge in [-0.2, -0.15) is 0 Å². The lowest BCUT2D eigenvalue weighted by Crippen LogP contribution is -2.44. The molecule has 1 atom stereocenters. The SMILES string of the molecule is CC(C)Oc1cccc(N(CC(=O)N[C@@H](C)C(C)C)S(C)(=O)=O)c1. The number of hydrogen-bond acceptors (Lipinski definition) is 4. The summed E-state index contributed by atoms with van der Waals surface area (Å²) in [6.45, 7) is 9.40. The maximum absolute atomic E-state index is 12.2. The van der Waals surface area contributed by atoms with Crippen molar-refractivity contribution in [2.24, 2.45) is 5.92 Å². The number of hydrogen-bond donors (Lipinski definition) is 1. The third-order valence-electron chi connectivity index (χ3n) is 3.55. The summed E-state index contributed by atoms with van der Waals surface area (Å²) in [6, 6.07) is 6.70. The first-order valence-corrected chi connectivity index (χ1v) is 9.89. The van der Waals surface area contributed by atoms with Crippen LogP contribution in [0.2, 0.25) is 0 Å². The molecule has 24 heavy (non-hydrogen) atoms. The summed E-state index contributed by atoms with van der Waals surface area (Å²) in [5.41, 5.74) is 0.406. The first-order valence-electron chi connectivity index (χ1n) is 8.04. The number of carbonyl (C=O) groups is 1. The lowest BCUT2D eigenvalue weighted by molar-refractivity contribution is -0.120. The minimum Gasteiger partial charge on any atom is -0.491 e. The van der Waals surface area contributed by atoms with Crippen molar-refractivity contribution in [2.45, 2.75) is 46.8 Å². The standard InChI is InChI=1S/C17H28N2O4S/c1-12(2)14(5)18-17(20)11-19(24(6,21)22)15-8-7-9-16(10-15)23-13(3)4/h7-10,12-14H,11H2,1-6H3,(H,18,20)/t14-/m0/s1. The van der Waals surface area contributed by atoms with Gasteiger partial charge in [0.25, 0.3) is 0 Å². The largest absolute Gasteiger partial charge is 0.491 e. The van der Waals surface area contributed by atoms with Crippen molar-refractivity contribution in [3.63, 3.8) is 0 Å². The Morgan fingerprint density at radius 2 is 1.83 bits per heavy atom. The number of nitrogens with one attached hydrogen (secondary N) is 1. The first kappa shape index (κ1) is 20.3. The second-order valence-corrected chi connectivity index (χ2v) is 8.44. The van der Waals surface area contributed by atoms with E-state index in [9.17, 15) is 13.2 Å². The minimum atomic E-state index is -3.60. The van der Waals surface area contributed by atoms with E-state index in [1.165, 1.54) is 0 Å². The van der Waals surface area contributed by atoms with E-state index in [1.807, 2.05) is 34.6 Å². The smallest absolute Gasteiger partial charge is 0.240 e. The molecular weight excluding hydrogens is 328 g/mol. The first-order chi connectivity index (χ1) is 11.0. The number of ether oxygens (including phenoxy) is 1. The van der Waals surface area contributed by atoms with Gasteiger partial charge in [-0.1, -0.05) is 19.9 Å². The van der Waals surface area contributed by atoms with Crippen LogP contribution >= 0.6 is 0 Å². The van der Waals surface area contributed by atoms with Gasteiger partial charge in [0.15, 0.2) is 0 Å². The third-order valence-corrected chi connectivity index (χ3v) is 4.69. The van der Waals surface area contributed by atoms with E-state index in [2.05, 4.69) is 5.32 Å². The second-order valence-electron chi connectivity index (χ2n) is 6.53. The van der Waals surface area contributed by atoms with Gasteiger partial charge in [-0.25, -0.2) is 8.42 Å². The topological polar surface area (TPSA) is 75.7 Å². The molecule has 0 aliphatic heterocycles. The molecule has 0 aliphatic rings. The highest BCUT2D eigenvalue weighted by Gasteiger charge is 2.22. The monoisotopic (exact) mass is 356 g/mol. The van der Waals surface area contributed by atoms with Gasteiger partial charge in [0.2, 0.25) is 15.9 Å². The maximum Gasteiger partial charge on any atom is 0.240 e. The van der Waals surface area contributed by atoms with E-state index >= 15 is 0 Å².